The zero-order chi connectivity index (χ0) is 15.7. The van der Waals surface area contributed by atoms with Gasteiger partial charge in [0.05, 0.1) is 0 Å². The molecule has 0 bridgehead atoms. The quantitative estimate of drug-likeness (QED) is 0.861. The highest BCUT2D eigenvalue weighted by molar-refractivity contribution is 5.99. The van der Waals surface area contributed by atoms with Crippen LogP contribution in [-0.4, -0.2) is 34.8 Å². The summed E-state index contributed by atoms with van der Waals surface area (Å²) in [5, 5.41) is 2.94. The molecule has 1 aliphatic heterocycles. The first-order valence-corrected chi connectivity index (χ1v) is 7.66. The average molecular weight is 282 g/mol. The van der Waals surface area contributed by atoms with Crippen LogP contribution >= 0.6 is 0 Å². The van der Waals surface area contributed by atoms with Crippen LogP contribution in [0.25, 0.3) is 0 Å². The van der Waals surface area contributed by atoms with Gasteiger partial charge >= 0.3 is 0 Å². The highest BCUT2D eigenvalue weighted by Gasteiger charge is 2.50. The highest BCUT2D eigenvalue weighted by Crippen LogP contribution is 2.31. The van der Waals surface area contributed by atoms with Crippen molar-refractivity contribution in [2.45, 2.75) is 72.9 Å². The van der Waals surface area contributed by atoms with E-state index in [1.165, 1.54) is 0 Å². The summed E-state index contributed by atoms with van der Waals surface area (Å²) in [5.41, 5.74) is -0.981. The molecule has 1 fully saturated rings. The van der Waals surface area contributed by atoms with Crippen molar-refractivity contribution in [1.29, 1.82) is 0 Å². The molecule has 0 radical (unpaired) electrons. The number of amides is 2. The number of carbonyl (C=O) groups is 2. The van der Waals surface area contributed by atoms with Crippen LogP contribution in [-0.2, 0) is 9.59 Å². The number of carbonyl (C=O) groups excluding carboxylic acids is 2. The van der Waals surface area contributed by atoms with Crippen LogP contribution in [0.4, 0.5) is 0 Å². The summed E-state index contributed by atoms with van der Waals surface area (Å²) in [7, 11) is 0. The Hall–Kier alpha value is -1.06. The third-order valence-corrected chi connectivity index (χ3v) is 4.36. The summed E-state index contributed by atoms with van der Waals surface area (Å²) in [6.07, 6.45) is 1.56. The Balaban J connectivity index is 3.08. The normalized spacial score (nSPS) is 28.0. The Labute approximate surface area is 123 Å². The van der Waals surface area contributed by atoms with Crippen molar-refractivity contribution >= 4 is 11.8 Å². The molecular weight excluding hydrogens is 252 g/mol. The molecule has 0 aliphatic carbocycles. The van der Waals surface area contributed by atoms with Gasteiger partial charge in [0.15, 0.2) is 0 Å². The Bertz CT molecular complexity index is 384. The van der Waals surface area contributed by atoms with Crippen molar-refractivity contribution in [3.63, 3.8) is 0 Å². The van der Waals surface area contributed by atoms with Gasteiger partial charge in [0.2, 0.25) is 11.8 Å². The Morgan fingerprint density at radius 1 is 1.30 bits per heavy atom. The smallest absolute Gasteiger partial charge is 0.246 e. The lowest BCUT2D eigenvalue weighted by atomic mass is 9.80. The van der Waals surface area contributed by atoms with E-state index in [4.69, 9.17) is 0 Å². The molecular formula is C16H30N2O2. The minimum absolute atomic E-state index is 0.0247. The van der Waals surface area contributed by atoms with Gasteiger partial charge in [-0.1, -0.05) is 41.5 Å². The molecule has 4 heteroatoms. The number of piperazine rings is 1. The van der Waals surface area contributed by atoms with Crippen molar-refractivity contribution in [1.82, 2.24) is 10.2 Å². The maximum absolute atomic E-state index is 12.8. The largest absolute Gasteiger partial charge is 0.342 e. The van der Waals surface area contributed by atoms with Gasteiger partial charge in [0.1, 0.15) is 11.6 Å². The topological polar surface area (TPSA) is 49.4 Å². The van der Waals surface area contributed by atoms with Crippen molar-refractivity contribution in [2.24, 2.45) is 11.3 Å². The molecule has 0 aromatic rings. The van der Waals surface area contributed by atoms with Crippen LogP contribution < -0.4 is 5.32 Å². The monoisotopic (exact) mass is 282 g/mol. The van der Waals surface area contributed by atoms with Gasteiger partial charge in [0.25, 0.3) is 0 Å². The summed E-state index contributed by atoms with van der Waals surface area (Å²) >= 11 is 0. The minimum Gasteiger partial charge on any atom is -0.342 e. The lowest BCUT2D eigenvalue weighted by Gasteiger charge is -2.49. The summed E-state index contributed by atoms with van der Waals surface area (Å²) in [4.78, 5) is 27.1. The molecule has 2 unspecified atom stereocenters. The molecule has 1 aliphatic rings. The van der Waals surface area contributed by atoms with Crippen molar-refractivity contribution in [3.05, 3.63) is 0 Å². The second-order valence-corrected chi connectivity index (χ2v) is 7.57. The predicted molar refractivity (Wildman–Crippen MR) is 81.2 cm³/mol. The summed E-state index contributed by atoms with van der Waals surface area (Å²) in [5.74, 6) is 0.548. The zero-order valence-electron chi connectivity index (χ0n) is 14.0. The van der Waals surface area contributed by atoms with E-state index in [1.54, 1.807) is 0 Å². The van der Waals surface area contributed by atoms with Gasteiger partial charge in [-0.3, -0.25) is 9.59 Å². The van der Waals surface area contributed by atoms with Crippen LogP contribution in [0, 0.1) is 11.3 Å². The zero-order valence-corrected chi connectivity index (χ0v) is 14.0. The fraction of sp³-hybridized carbons (Fsp3) is 0.875. The van der Waals surface area contributed by atoms with E-state index in [2.05, 4.69) is 19.2 Å². The molecule has 116 valence electrons. The standard InChI is InChI=1S/C16H30N2O2/c1-8-16(7)14(20)17-12(15(4,5)6)13(19)18(16)10-9-11(2)3/h11-12H,8-10H2,1-7H3,(H,17,20). The first-order valence-electron chi connectivity index (χ1n) is 7.66. The third-order valence-electron chi connectivity index (χ3n) is 4.36. The van der Waals surface area contributed by atoms with Crippen LogP contribution in [0.2, 0.25) is 0 Å². The molecule has 0 spiro atoms. The highest BCUT2D eigenvalue weighted by atomic mass is 16.2. The van der Waals surface area contributed by atoms with Crippen LogP contribution in [0.15, 0.2) is 0 Å². The summed E-state index contributed by atoms with van der Waals surface area (Å²) in [6.45, 7) is 14.7. The van der Waals surface area contributed by atoms with E-state index >= 15 is 0 Å². The fourth-order valence-electron chi connectivity index (χ4n) is 2.55. The molecule has 0 aromatic heterocycles. The van der Waals surface area contributed by atoms with Gasteiger partial charge in [-0.15, -0.1) is 0 Å². The molecule has 0 aromatic carbocycles. The summed E-state index contributed by atoms with van der Waals surface area (Å²) < 4.78 is 0. The Morgan fingerprint density at radius 2 is 1.85 bits per heavy atom. The SMILES string of the molecule is CCC1(C)C(=O)NC(C(C)(C)C)C(=O)N1CCC(C)C. The third kappa shape index (κ3) is 3.15. The van der Waals surface area contributed by atoms with Gasteiger partial charge in [-0.05, 0) is 31.1 Å². The minimum atomic E-state index is -0.715. The Kier molecular flexibility index (Phi) is 4.88. The van der Waals surface area contributed by atoms with E-state index in [0.717, 1.165) is 6.42 Å². The first-order chi connectivity index (χ1) is 9.04. The molecule has 4 nitrogen and oxygen atoms in total. The maximum atomic E-state index is 12.8. The Morgan fingerprint density at radius 3 is 2.25 bits per heavy atom. The van der Waals surface area contributed by atoms with Gasteiger partial charge < -0.3 is 10.2 Å². The van der Waals surface area contributed by atoms with Crippen LogP contribution in [0.1, 0.15) is 61.3 Å². The van der Waals surface area contributed by atoms with E-state index in [1.807, 2.05) is 39.5 Å². The van der Waals surface area contributed by atoms with E-state index in [-0.39, 0.29) is 17.2 Å². The lowest BCUT2D eigenvalue weighted by Crippen LogP contribution is -2.71. The molecule has 2 atom stereocenters. The predicted octanol–water partition coefficient (Wildman–Crippen LogP) is 2.57. The first kappa shape index (κ1) is 17.0. The van der Waals surface area contributed by atoms with Crippen LogP contribution in [0.3, 0.4) is 0 Å². The molecule has 1 saturated heterocycles. The molecule has 2 amide bonds. The molecule has 20 heavy (non-hydrogen) atoms. The average Bonchev–Trinajstić information content (AvgIpc) is 2.31. The van der Waals surface area contributed by atoms with E-state index < -0.39 is 11.6 Å². The molecule has 1 N–H and O–H groups in total. The number of nitrogens with zero attached hydrogens (tertiary/aromatic N) is 1. The van der Waals surface area contributed by atoms with Crippen LogP contribution in [0.5, 0.6) is 0 Å². The van der Waals surface area contributed by atoms with Crippen molar-refractivity contribution in [3.8, 4) is 0 Å². The molecule has 1 heterocycles. The van der Waals surface area contributed by atoms with Crippen molar-refractivity contribution in [2.75, 3.05) is 6.54 Å². The van der Waals surface area contributed by atoms with Gasteiger partial charge in [-0.2, -0.15) is 0 Å². The van der Waals surface area contributed by atoms with Gasteiger partial charge in [0, 0.05) is 6.54 Å². The number of rotatable bonds is 4. The molecule has 1 rings (SSSR count). The van der Waals surface area contributed by atoms with Crippen molar-refractivity contribution < 1.29 is 9.59 Å². The van der Waals surface area contributed by atoms with E-state index in [0.29, 0.717) is 18.9 Å². The van der Waals surface area contributed by atoms with E-state index in [9.17, 15) is 9.59 Å². The number of nitrogens with one attached hydrogen (secondary N) is 1. The number of hydrogen-bond donors (Lipinski definition) is 1. The lowest BCUT2D eigenvalue weighted by molar-refractivity contribution is -0.160. The summed E-state index contributed by atoms with van der Waals surface area (Å²) in [6, 6.07) is -0.429. The second kappa shape index (κ2) is 5.74. The van der Waals surface area contributed by atoms with Gasteiger partial charge in [-0.25, -0.2) is 0 Å². The molecule has 0 saturated carbocycles. The number of hydrogen-bond acceptors (Lipinski definition) is 2. The second-order valence-electron chi connectivity index (χ2n) is 7.57. The fourth-order valence-corrected chi connectivity index (χ4v) is 2.55. The maximum Gasteiger partial charge on any atom is 0.246 e.